The number of methoxy groups -OCH3 is 2. The maximum atomic E-state index is 13.2. The molecule has 1 unspecified atom stereocenters. The Labute approximate surface area is 182 Å². The Hall–Kier alpha value is -3.03. The van der Waals surface area contributed by atoms with E-state index in [0.29, 0.717) is 36.8 Å². The van der Waals surface area contributed by atoms with Crippen LogP contribution in [0.25, 0.3) is 10.9 Å². The van der Waals surface area contributed by atoms with Gasteiger partial charge in [-0.05, 0) is 30.7 Å². The molecule has 0 spiro atoms. The second-order valence-corrected chi connectivity index (χ2v) is 7.66. The minimum atomic E-state index is -0.0753. The lowest BCUT2D eigenvalue weighted by Gasteiger charge is -2.35. The third kappa shape index (κ3) is 4.38. The Morgan fingerprint density at radius 3 is 2.61 bits per heavy atom. The van der Waals surface area contributed by atoms with Gasteiger partial charge in [-0.15, -0.1) is 0 Å². The van der Waals surface area contributed by atoms with Crippen LogP contribution in [0.1, 0.15) is 27.7 Å². The van der Waals surface area contributed by atoms with Crippen LogP contribution in [-0.2, 0) is 4.74 Å². The summed E-state index contributed by atoms with van der Waals surface area (Å²) in [6.07, 6.45) is 0. The van der Waals surface area contributed by atoms with E-state index < -0.39 is 0 Å². The molecule has 3 aromatic rings. The molecule has 2 aromatic carbocycles. The number of nitrogens with zero attached hydrogens (tertiary/aromatic N) is 1. The van der Waals surface area contributed by atoms with Crippen LogP contribution >= 0.6 is 0 Å². The third-order valence-corrected chi connectivity index (χ3v) is 5.86. The third-order valence-electron chi connectivity index (χ3n) is 5.86. The van der Waals surface area contributed by atoms with Gasteiger partial charge in [-0.25, -0.2) is 0 Å². The summed E-state index contributed by atoms with van der Waals surface area (Å²) in [6, 6.07) is 13.8. The number of amides is 1. The maximum Gasteiger partial charge on any atom is 0.253 e. The Bertz CT molecular complexity index is 1060. The first-order valence-corrected chi connectivity index (χ1v) is 10.5. The van der Waals surface area contributed by atoms with Gasteiger partial charge in [-0.3, -0.25) is 9.69 Å². The van der Waals surface area contributed by atoms with Gasteiger partial charge in [0.15, 0.2) is 11.5 Å². The van der Waals surface area contributed by atoms with E-state index in [1.54, 1.807) is 14.2 Å². The van der Waals surface area contributed by atoms with Gasteiger partial charge in [-0.1, -0.05) is 24.3 Å². The van der Waals surface area contributed by atoms with E-state index in [9.17, 15) is 4.79 Å². The number of benzene rings is 2. The number of carbonyl (C=O) groups is 1. The predicted molar refractivity (Wildman–Crippen MR) is 120 cm³/mol. The van der Waals surface area contributed by atoms with Crippen LogP contribution in [0.3, 0.4) is 0 Å². The Morgan fingerprint density at radius 1 is 1.13 bits per heavy atom. The molecule has 1 amide bonds. The molecule has 0 radical (unpaired) electrons. The highest BCUT2D eigenvalue weighted by Crippen LogP contribution is 2.32. The van der Waals surface area contributed by atoms with Crippen LogP contribution in [0.2, 0.25) is 0 Å². The molecule has 7 heteroatoms. The smallest absolute Gasteiger partial charge is 0.253 e. The molecule has 1 aliphatic rings. The SMILES string of the molecule is COc1ccc(C(CNC(=O)c2c(C)[nH]c3ccccc23)N2CCOCC2)cc1OC. The van der Waals surface area contributed by atoms with Crippen LogP contribution in [0.4, 0.5) is 0 Å². The van der Waals surface area contributed by atoms with Gasteiger partial charge in [0.2, 0.25) is 0 Å². The highest BCUT2D eigenvalue weighted by molar-refractivity contribution is 6.08. The van der Waals surface area contributed by atoms with Crippen LogP contribution in [-0.4, -0.2) is 62.9 Å². The quantitative estimate of drug-likeness (QED) is 0.610. The molecule has 164 valence electrons. The van der Waals surface area contributed by atoms with E-state index in [1.165, 1.54) is 0 Å². The summed E-state index contributed by atoms with van der Waals surface area (Å²) in [6.45, 7) is 5.39. The van der Waals surface area contributed by atoms with Gasteiger partial charge in [-0.2, -0.15) is 0 Å². The van der Waals surface area contributed by atoms with Crippen molar-refractivity contribution in [2.75, 3.05) is 47.1 Å². The predicted octanol–water partition coefficient (Wildman–Crippen LogP) is 3.30. The van der Waals surface area contributed by atoms with Crippen LogP contribution in [0.5, 0.6) is 11.5 Å². The van der Waals surface area contributed by atoms with Crippen molar-refractivity contribution in [2.24, 2.45) is 0 Å². The summed E-state index contributed by atoms with van der Waals surface area (Å²) in [7, 11) is 3.26. The second kappa shape index (κ2) is 9.41. The van der Waals surface area contributed by atoms with Gasteiger partial charge in [0.05, 0.1) is 39.0 Å². The molecule has 0 bridgehead atoms. The average Bonchev–Trinajstić information content (AvgIpc) is 3.15. The van der Waals surface area contributed by atoms with E-state index in [1.807, 2.05) is 49.4 Å². The molecule has 0 saturated carbocycles. The van der Waals surface area contributed by atoms with E-state index in [-0.39, 0.29) is 11.9 Å². The van der Waals surface area contributed by atoms with Gasteiger partial charge in [0, 0.05) is 36.2 Å². The molecule has 1 fully saturated rings. The van der Waals surface area contributed by atoms with Gasteiger partial charge in [0.25, 0.3) is 5.91 Å². The molecular weight excluding hydrogens is 394 g/mol. The van der Waals surface area contributed by atoms with Crippen molar-refractivity contribution < 1.29 is 19.0 Å². The summed E-state index contributed by atoms with van der Waals surface area (Å²) in [5.41, 5.74) is 3.60. The van der Waals surface area contributed by atoms with Crippen molar-refractivity contribution in [2.45, 2.75) is 13.0 Å². The minimum absolute atomic E-state index is 0.00170. The number of fused-ring (bicyclic) bond motifs is 1. The number of H-pyrrole nitrogens is 1. The van der Waals surface area contributed by atoms with Crippen molar-refractivity contribution in [3.63, 3.8) is 0 Å². The lowest BCUT2D eigenvalue weighted by molar-refractivity contribution is 0.0162. The lowest BCUT2D eigenvalue weighted by Crippen LogP contribution is -2.43. The number of morpholine rings is 1. The maximum absolute atomic E-state index is 13.2. The molecular formula is C24H29N3O4. The second-order valence-electron chi connectivity index (χ2n) is 7.66. The van der Waals surface area contributed by atoms with Crippen molar-refractivity contribution in [1.29, 1.82) is 0 Å². The highest BCUT2D eigenvalue weighted by Gasteiger charge is 2.25. The van der Waals surface area contributed by atoms with Crippen LogP contribution < -0.4 is 14.8 Å². The summed E-state index contributed by atoms with van der Waals surface area (Å²) in [5, 5.41) is 4.10. The molecule has 1 atom stereocenters. The molecule has 0 aliphatic carbocycles. The summed E-state index contributed by atoms with van der Waals surface area (Å²) in [5.74, 6) is 1.29. The molecule has 4 rings (SSSR count). The monoisotopic (exact) mass is 423 g/mol. The normalized spacial score (nSPS) is 15.6. The fourth-order valence-corrected chi connectivity index (χ4v) is 4.25. The zero-order chi connectivity index (χ0) is 21.8. The van der Waals surface area contributed by atoms with Gasteiger partial charge in [0.1, 0.15) is 0 Å². The number of para-hydroxylation sites is 1. The van der Waals surface area contributed by atoms with Crippen molar-refractivity contribution in [3.05, 3.63) is 59.3 Å². The van der Waals surface area contributed by atoms with Crippen molar-refractivity contribution >= 4 is 16.8 Å². The lowest BCUT2D eigenvalue weighted by atomic mass is 10.0. The van der Waals surface area contributed by atoms with Gasteiger partial charge < -0.3 is 24.5 Å². The summed E-state index contributed by atoms with van der Waals surface area (Å²) >= 11 is 0. The Morgan fingerprint density at radius 2 is 1.87 bits per heavy atom. The topological polar surface area (TPSA) is 75.8 Å². The van der Waals surface area contributed by atoms with Crippen molar-refractivity contribution in [3.8, 4) is 11.5 Å². The first-order valence-electron chi connectivity index (χ1n) is 10.5. The zero-order valence-electron chi connectivity index (χ0n) is 18.2. The van der Waals surface area contributed by atoms with Gasteiger partial charge >= 0.3 is 0 Å². The Balaban J connectivity index is 1.59. The fourth-order valence-electron chi connectivity index (χ4n) is 4.25. The minimum Gasteiger partial charge on any atom is -0.493 e. The molecule has 2 heterocycles. The summed E-state index contributed by atoms with van der Waals surface area (Å²) < 4.78 is 16.4. The first kappa shape index (κ1) is 21.2. The van der Waals surface area contributed by atoms with E-state index in [0.717, 1.165) is 35.2 Å². The number of rotatable bonds is 7. The number of hydrogen-bond acceptors (Lipinski definition) is 5. The number of carbonyl (C=O) groups excluding carboxylic acids is 1. The number of ether oxygens (including phenoxy) is 3. The summed E-state index contributed by atoms with van der Waals surface area (Å²) in [4.78, 5) is 18.8. The molecule has 1 aromatic heterocycles. The molecule has 2 N–H and O–H groups in total. The number of nitrogens with one attached hydrogen (secondary N) is 2. The van der Waals surface area contributed by atoms with E-state index in [4.69, 9.17) is 14.2 Å². The number of aromatic amines is 1. The number of aromatic nitrogens is 1. The average molecular weight is 424 g/mol. The number of hydrogen-bond donors (Lipinski definition) is 2. The largest absolute Gasteiger partial charge is 0.493 e. The highest BCUT2D eigenvalue weighted by atomic mass is 16.5. The zero-order valence-corrected chi connectivity index (χ0v) is 18.2. The standard InChI is InChI=1S/C24H29N3O4/c1-16-23(18-6-4-5-7-19(18)26-16)24(28)25-15-20(27-10-12-31-13-11-27)17-8-9-21(29-2)22(14-17)30-3/h4-9,14,20,26H,10-13,15H2,1-3H3,(H,25,28). The molecule has 1 aliphatic heterocycles. The first-order chi connectivity index (χ1) is 15.1. The van der Waals surface area contributed by atoms with E-state index >= 15 is 0 Å². The van der Waals surface area contributed by atoms with Crippen LogP contribution in [0.15, 0.2) is 42.5 Å². The van der Waals surface area contributed by atoms with Crippen LogP contribution in [0, 0.1) is 6.92 Å². The van der Waals surface area contributed by atoms with E-state index in [2.05, 4.69) is 15.2 Å². The Kier molecular flexibility index (Phi) is 6.44. The molecule has 1 saturated heterocycles. The van der Waals surface area contributed by atoms with Crippen molar-refractivity contribution in [1.82, 2.24) is 15.2 Å². The number of aryl methyl sites for hydroxylation is 1. The molecule has 31 heavy (non-hydrogen) atoms. The fraction of sp³-hybridized carbons (Fsp3) is 0.375. The molecule has 7 nitrogen and oxygen atoms in total.